The number of nitrogens with one attached hydrogen (secondary N) is 1. The fourth-order valence-electron chi connectivity index (χ4n) is 5.08. The summed E-state index contributed by atoms with van der Waals surface area (Å²) < 4.78 is 26.6. The molecule has 1 N–H and O–H groups in total. The third-order valence-electron chi connectivity index (χ3n) is 6.91. The summed E-state index contributed by atoms with van der Waals surface area (Å²) in [7, 11) is 0. The van der Waals surface area contributed by atoms with Crippen molar-refractivity contribution in [2.24, 2.45) is 11.0 Å². The van der Waals surface area contributed by atoms with Crippen LogP contribution in [0, 0.1) is 11.7 Å². The van der Waals surface area contributed by atoms with E-state index in [9.17, 15) is 15.1 Å². The van der Waals surface area contributed by atoms with Crippen molar-refractivity contribution in [3.8, 4) is 0 Å². The van der Waals surface area contributed by atoms with Gasteiger partial charge in [0.25, 0.3) is 0 Å². The van der Waals surface area contributed by atoms with Gasteiger partial charge in [-0.1, -0.05) is 42.7 Å². The molecule has 2 heterocycles. The number of carbonyl (C=O) groups excluding carboxylic acids is 2. The van der Waals surface area contributed by atoms with E-state index in [-0.39, 0.29) is 36.2 Å². The average molecular weight is 589 g/mol. The monoisotopic (exact) mass is 588 g/mol. The number of nitrogens with zero attached hydrogens (tertiary/aromatic N) is 5. The zero-order chi connectivity index (χ0) is 30.5. The summed E-state index contributed by atoms with van der Waals surface area (Å²) in [6.45, 7) is 13.0. The number of hydrogen-bond donors (Lipinski definition) is 1. The number of rotatable bonds is 9. The smallest absolute Gasteiger partial charge is 0.412 e. The summed E-state index contributed by atoms with van der Waals surface area (Å²) in [5, 5.41) is 7.10. The van der Waals surface area contributed by atoms with Crippen LogP contribution in [0.4, 0.5) is 14.9 Å². The lowest BCUT2D eigenvalue weighted by Gasteiger charge is -2.35. The molecule has 12 heteroatoms. The molecule has 0 saturated carbocycles. The fraction of sp³-hybridized carbons (Fsp3) is 0.552. The van der Waals surface area contributed by atoms with Gasteiger partial charge < -0.3 is 14.8 Å². The van der Waals surface area contributed by atoms with Crippen LogP contribution in [0.25, 0.3) is 10.4 Å². The van der Waals surface area contributed by atoms with Crippen molar-refractivity contribution in [2.45, 2.75) is 90.6 Å². The molecule has 1 fully saturated rings. The molecule has 10 nitrogen and oxygen atoms in total. The van der Waals surface area contributed by atoms with Gasteiger partial charge in [-0.05, 0) is 76.6 Å². The van der Waals surface area contributed by atoms with E-state index in [1.54, 1.807) is 58.9 Å². The van der Waals surface area contributed by atoms with E-state index in [4.69, 9.17) is 21.1 Å². The van der Waals surface area contributed by atoms with Gasteiger partial charge in [0.2, 0.25) is 5.91 Å². The molecule has 2 amide bonds. The number of carbonyl (C=O) groups is 2. The Morgan fingerprint density at radius 2 is 1.95 bits per heavy atom. The third kappa shape index (κ3) is 8.09. The van der Waals surface area contributed by atoms with Gasteiger partial charge in [0.1, 0.15) is 23.2 Å². The lowest BCUT2D eigenvalue weighted by molar-refractivity contribution is -0.118. The van der Waals surface area contributed by atoms with Crippen molar-refractivity contribution in [3.63, 3.8) is 0 Å². The molecule has 0 radical (unpaired) electrons. The molecule has 2 aromatic rings. The molecule has 0 spiro atoms. The Hall–Kier alpha value is -3.40. The molecule has 41 heavy (non-hydrogen) atoms. The first-order chi connectivity index (χ1) is 19.1. The van der Waals surface area contributed by atoms with Crippen molar-refractivity contribution in [2.75, 3.05) is 11.9 Å². The Kier molecular flexibility index (Phi) is 10.2. The maximum atomic E-state index is 15.1. The van der Waals surface area contributed by atoms with Gasteiger partial charge in [-0.15, -0.1) is 0 Å². The van der Waals surface area contributed by atoms with E-state index in [1.807, 2.05) is 13.8 Å². The quantitative estimate of drug-likeness (QED) is 0.187. The van der Waals surface area contributed by atoms with Gasteiger partial charge in [0.05, 0.1) is 30.7 Å². The molecule has 0 bridgehead atoms. The molecule has 3 rings (SSSR count). The zero-order valence-electron chi connectivity index (χ0n) is 24.5. The van der Waals surface area contributed by atoms with E-state index >= 15 is 4.39 Å². The molecule has 1 aromatic heterocycles. The first-order valence-corrected chi connectivity index (χ1v) is 13.9. The Morgan fingerprint density at radius 1 is 1.29 bits per heavy atom. The number of pyridine rings is 1. The predicted octanol–water partition coefficient (Wildman–Crippen LogP) is 7.24. The van der Waals surface area contributed by atoms with Crippen LogP contribution >= 0.6 is 11.6 Å². The molecule has 3 atom stereocenters. The summed E-state index contributed by atoms with van der Waals surface area (Å²) in [4.78, 5) is 34.9. The van der Waals surface area contributed by atoms with Crippen LogP contribution in [0.5, 0.6) is 0 Å². The van der Waals surface area contributed by atoms with Gasteiger partial charge in [0, 0.05) is 21.4 Å². The number of hydrogen-bond acceptors (Lipinski definition) is 6. The Morgan fingerprint density at radius 3 is 2.54 bits per heavy atom. The number of benzene rings is 1. The highest BCUT2D eigenvalue weighted by Gasteiger charge is 2.45. The largest absolute Gasteiger partial charge is 0.444 e. The van der Waals surface area contributed by atoms with Crippen molar-refractivity contribution in [1.82, 2.24) is 9.88 Å². The van der Waals surface area contributed by atoms with E-state index in [1.165, 1.54) is 11.1 Å². The minimum absolute atomic E-state index is 0.0768. The SMILES string of the molecule is CC(C)C(c1ccc(Cl)cc1)C(N=[N+]=[N-])C(=O)Nc1cncc(F)c1CCC1COC(C)(C)N1C(=O)OC(C)(C)C. The van der Waals surface area contributed by atoms with Crippen LogP contribution in [0.1, 0.15) is 71.9 Å². The number of aromatic nitrogens is 1. The van der Waals surface area contributed by atoms with Gasteiger partial charge in [0.15, 0.2) is 0 Å². The van der Waals surface area contributed by atoms with Crippen LogP contribution < -0.4 is 5.32 Å². The third-order valence-corrected chi connectivity index (χ3v) is 7.16. The molecular formula is C29H38ClFN6O4. The fourth-order valence-corrected chi connectivity index (χ4v) is 5.20. The Balaban J connectivity index is 1.85. The summed E-state index contributed by atoms with van der Waals surface area (Å²) in [5.41, 5.74) is 8.84. The minimum atomic E-state index is -1.12. The molecule has 1 saturated heterocycles. The van der Waals surface area contributed by atoms with E-state index in [0.29, 0.717) is 11.4 Å². The zero-order valence-corrected chi connectivity index (χ0v) is 25.3. The van der Waals surface area contributed by atoms with Crippen molar-refractivity contribution < 1.29 is 23.5 Å². The maximum absolute atomic E-state index is 15.1. The van der Waals surface area contributed by atoms with Crippen molar-refractivity contribution in [3.05, 3.63) is 69.1 Å². The summed E-state index contributed by atoms with van der Waals surface area (Å²) in [6.07, 6.45) is 2.42. The number of ether oxygens (including phenoxy) is 2. The van der Waals surface area contributed by atoms with Crippen LogP contribution in [0.15, 0.2) is 41.8 Å². The maximum Gasteiger partial charge on any atom is 0.412 e. The number of halogens is 2. The lowest BCUT2D eigenvalue weighted by atomic mass is 9.82. The Bertz CT molecular complexity index is 1290. The molecule has 222 valence electrons. The van der Waals surface area contributed by atoms with Crippen molar-refractivity contribution in [1.29, 1.82) is 0 Å². The highest BCUT2D eigenvalue weighted by molar-refractivity contribution is 6.30. The molecule has 1 aliphatic heterocycles. The van der Waals surface area contributed by atoms with E-state index in [2.05, 4.69) is 20.3 Å². The highest BCUT2D eigenvalue weighted by atomic mass is 35.5. The topological polar surface area (TPSA) is 130 Å². The second kappa shape index (κ2) is 13.1. The summed E-state index contributed by atoms with van der Waals surface area (Å²) in [6, 6.07) is 5.49. The second-order valence-corrected chi connectivity index (χ2v) is 12.3. The standard InChI is InChI=1S/C29H38ClFN6O4/c1-17(2)24(18-8-10-19(30)11-9-18)25(35-36-32)26(38)34-23-15-33-14-22(31)21(23)13-12-20-16-40-29(6,7)37(20)27(39)41-28(3,4)5/h8-11,14-15,17,20,24-25H,12-13,16H2,1-7H3,(H,34,38). The molecule has 1 aromatic carbocycles. The van der Waals surface area contributed by atoms with Crippen molar-refractivity contribution >= 4 is 29.3 Å². The average Bonchev–Trinajstić information content (AvgIpc) is 3.17. The Labute approximate surface area is 245 Å². The summed E-state index contributed by atoms with van der Waals surface area (Å²) >= 11 is 6.05. The minimum Gasteiger partial charge on any atom is -0.444 e. The van der Waals surface area contributed by atoms with Gasteiger partial charge in [-0.25, -0.2) is 9.18 Å². The molecule has 0 aliphatic carbocycles. The molecule has 3 unspecified atom stereocenters. The van der Waals surface area contributed by atoms with Crippen LogP contribution in [-0.2, 0) is 20.7 Å². The highest BCUT2D eigenvalue weighted by Crippen LogP contribution is 2.34. The predicted molar refractivity (Wildman–Crippen MR) is 155 cm³/mol. The van der Waals surface area contributed by atoms with Crippen LogP contribution in [0.3, 0.4) is 0 Å². The van der Waals surface area contributed by atoms with Crippen LogP contribution in [0.2, 0.25) is 5.02 Å². The molecule has 1 aliphatic rings. The number of anilines is 1. The first kappa shape index (κ1) is 32.1. The van der Waals surface area contributed by atoms with Gasteiger partial charge in [-0.3, -0.25) is 14.7 Å². The van der Waals surface area contributed by atoms with Gasteiger partial charge in [-0.2, -0.15) is 0 Å². The number of azide groups is 1. The normalized spacial score (nSPS) is 18.0. The molecular weight excluding hydrogens is 551 g/mol. The van der Waals surface area contributed by atoms with E-state index < -0.39 is 41.1 Å². The van der Waals surface area contributed by atoms with E-state index in [0.717, 1.165) is 11.8 Å². The second-order valence-electron chi connectivity index (χ2n) is 11.9. The number of amides is 2. The summed E-state index contributed by atoms with van der Waals surface area (Å²) in [5.74, 6) is -1.74. The van der Waals surface area contributed by atoms with Gasteiger partial charge >= 0.3 is 6.09 Å². The van der Waals surface area contributed by atoms with Crippen LogP contribution in [-0.4, -0.2) is 51.9 Å². The first-order valence-electron chi connectivity index (χ1n) is 13.5. The lowest BCUT2D eigenvalue weighted by Crippen LogP contribution is -2.50.